The fraction of sp³-hybridized carbons (Fsp3) is 0.333. The number of fused-ring (bicyclic) bond motifs is 2. The molecule has 0 amide bonds. The van der Waals surface area contributed by atoms with Gasteiger partial charge in [-0.3, -0.25) is 4.79 Å². The van der Waals surface area contributed by atoms with Crippen LogP contribution in [0.1, 0.15) is 25.0 Å². The number of morpholine rings is 1. The summed E-state index contributed by atoms with van der Waals surface area (Å²) in [6.45, 7) is 6.73. The van der Waals surface area contributed by atoms with Crippen molar-refractivity contribution in [1.29, 1.82) is 0 Å². The molecular formula is C27H29N3O5. The number of ether oxygens (including phenoxy) is 3. The molecule has 35 heavy (non-hydrogen) atoms. The highest BCUT2D eigenvalue weighted by Crippen LogP contribution is 2.43. The van der Waals surface area contributed by atoms with Crippen LogP contribution in [0.15, 0.2) is 53.3 Å². The summed E-state index contributed by atoms with van der Waals surface area (Å²) in [5.74, 6) is 1.21. The van der Waals surface area contributed by atoms with E-state index in [1.807, 2.05) is 42.5 Å². The maximum atomic E-state index is 12.5. The predicted octanol–water partition coefficient (Wildman–Crippen LogP) is 3.94. The molecule has 0 radical (unpaired) electrons. The summed E-state index contributed by atoms with van der Waals surface area (Å²) in [6.07, 6.45) is 0.676. The van der Waals surface area contributed by atoms with Crippen molar-refractivity contribution in [2.24, 2.45) is 0 Å². The molecule has 1 atom stereocenters. The first kappa shape index (κ1) is 23.0. The third-order valence-electron chi connectivity index (χ3n) is 6.27. The van der Waals surface area contributed by atoms with E-state index in [4.69, 9.17) is 14.2 Å². The van der Waals surface area contributed by atoms with Crippen LogP contribution >= 0.6 is 0 Å². The van der Waals surface area contributed by atoms with Crippen LogP contribution in [0.5, 0.6) is 11.5 Å². The zero-order valence-corrected chi connectivity index (χ0v) is 19.9. The van der Waals surface area contributed by atoms with E-state index in [0.29, 0.717) is 26.2 Å². The van der Waals surface area contributed by atoms with Gasteiger partial charge in [-0.15, -0.1) is 0 Å². The Bertz CT molecular complexity index is 1300. The standard InChI is InChI=1S/C27H29N3O5/c1-3-34-27(32)17(2)28-20-7-8-24-19(14-20)13-18-5-4-6-22(26(18)35-24)23-15-21(16-25(31)29-23)30-9-11-33-12-10-30/h4-8,14-17,28H,3,9-13H2,1-2H3,(H,29,31). The summed E-state index contributed by atoms with van der Waals surface area (Å²) < 4.78 is 16.9. The molecule has 0 aliphatic carbocycles. The van der Waals surface area contributed by atoms with Crippen molar-refractivity contribution >= 4 is 17.3 Å². The van der Waals surface area contributed by atoms with E-state index in [1.165, 1.54) is 0 Å². The monoisotopic (exact) mass is 475 g/mol. The number of hydrogen-bond donors (Lipinski definition) is 2. The van der Waals surface area contributed by atoms with Crippen LogP contribution in [0.25, 0.3) is 11.3 Å². The average Bonchev–Trinajstić information content (AvgIpc) is 2.87. The van der Waals surface area contributed by atoms with E-state index in [1.54, 1.807) is 19.9 Å². The first-order valence-electron chi connectivity index (χ1n) is 11.9. The van der Waals surface area contributed by atoms with Gasteiger partial charge in [0.25, 0.3) is 0 Å². The lowest BCUT2D eigenvalue weighted by molar-refractivity contribution is -0.143. The van der Waals surface area contributed by atoms with Crippen molar-refractivity contribution in [2.45, 2.75) is 26.3 Å². The number of benzene rings is 2. The summed E-state index contributed by atoms with van der Waals surface area (Å²) in [5.41, 5.74) is 5.18. The van der Waals surface area contributed by atoms with Crippen LogP contribution in [-0.2, 0) is 20.7 Å². The molecular weight excluding hydrogens is 446 g/mol. The third-order valence-corrected chi connectivity index (χ3v) is 6.27. The molecule has 2 aliphatic rings. The van der Waals surface area contributed by atoms with E-state index in [0.717, 1.165) is 58.3 Å². The zero-order chi connectivity index (χ0) is 24.4. The van der Waals surface area contributed by atoms with Crippen molar-refractivity contribution in [2.75, 3.05) is 43.1 Å². The van der Waals surface area contributed by atoms with Crippen molar-refractivity contribution in [3.63, 3.8) is 0 Å². The van der Waals surface area contributed by atoms with Crippen molar-refractivity contribution in [1.82, 2.24) is 4.98 Å². The molecule has 3 heterocycles. The molecule has 1 unspecified atom stereocenters. The van der Waals surface area contributed by atoms with E-state index in [-0.39, 0.29) is 11.5 Å². The van der Waals surface area contributed by atoms with Gasteiger partial charge in [0.1, 0.15) is 17.5 Å². The number of carbonyl (C=O) groups excluding carboxylic acids is 1. The van der Waals surface area contributed by atoms with Crippen LogP contribution in [0.4, 0.5) is 11.4 Å². The van der Waals surface area contributed by atoms with Gasteiger partial charge in [-0.25, -0.2) is 4.79 Å². The molecule has 0 bridgehead atoms. The number of aromatic nitrogens is 1. The van der Waals surface area contributed by atoms with Gasteiger partial charge >= 0.3 is 5.97 Å². The molecule has 1 saturated heterocycles. The summed E-state index contributed by atoms with van der Waals surface area (Å²) in [5, 5.41) is 3.20. The number of nitrogens with zero attached hydrogens (tertiary/aromatic N) is 1. The van der Waals surface area contributed by atoms with Gasteiger partial charge in [0.15, 0.2) is 0 Å². The minimum absolute atomic E-state index is 0.149. The minimum Gasteiger partial charge on any atom is -0.464 e. The highest BCUT2D eigenvalue weighted by molar-refractivity contribution is 5.79. The van der Waals surface area contributed by atoms with Gasteiger partial charge in [-0.2, -0.15) is 0 Å². The SMILES string of the molecule is CCOC(=O)C(C)Nc1ccc2c(c1)Cc1cccc(-c3cc(N4CCOCC4)cc(=O)[nH]3)c1O2. The predicted molar refractivity (Wildman–Crippen MR) is 135 cm³/mol. The molecule has 1 aromatic heterocycles. The second-order valence-electron chi connectivity index (χ2n) is 8.73. The van der Waals surface area contributed by atoms with E-state index >= 15 is 0 Å². The lowest BCUT2D eigenvalue weighted by Gasteiger charge is -2.29. The molecule has 8 heteroatoms. The Morgan fingerprint density at radius 1 is 1.14 bits per heavy atom. The Morgan fingerprint density at radius 2 is 1.97 bits per heavy atom. The summed E-state index contributed by atoms with van der Waals surface area (Å²) in [4.78, 5) is 29.6. The average molecular weight is 476 g/mol. The molecule has 5 rings (SSSR count). The lowest BCUT2D eigenvalue weighted by atomic mass is 9.96. The molecule has 0 spiro atoms. The lowest BCUT2D eigenvalue weighted by Crippen LogP contribution is -2.36. The van der Waals surface area contributed by atoms with Gasteiger partial charge in [0, 0.05) is 48.1 Å². The summed E-state index contributed by atoms with van der Waals surface area (Å²) in [7, 11) is 0. The largest absolute Gasteiger partial charge is 0.464 e. The Morgan fingerprint density at radius 3 is 2.77 bits per heavy atom. The van der Waals surface area contributed by atoms with Crippen LogP contribution in [-0.4, -0.2) is 49.9 Å². The van der Waals surface area contributed by atoms with Crippen molar-refractivity contribution in [3.05, 3.63) is 70.0 Å². The number of aromatic amines is 1. The van der Waals surface area contributed by atoms with Crippen LogP contribution in [0.3, 0.4) is 0 Å². The molecule has 1 fully saturated rings. The van der Waals surface area contributed by atoms with Crippen molar-refractivity contribution < 1.29 is 19.0 Å². The number of H-pyrrole nitrogens is 1. The number of esters is 1. The van der Waals surface area contributed by atoms with Gasteiger partial charge < -0.3 is 29.4 Å². The fourth-order valence-corrected chi connectivity index (χ4v) is 4.53. The quantitative estimate of drug-likeness (QED) is 0.408. The molecule has 8 nitrogen and oxygen atoms in total. The Kier molecular flexibility index (Phi) is 6.46. The maximum absolute atomic E-state index is 12.5. The van der Waals surface area contributed by atoms with E-state index in [2.05, 4.69) is 15.2 Å². The second kappa shape index (κ2) is 9.84. The van der Waals surface area contributed by atoms with Crippen LogP contribution in [0, 0.1) is 0 Å². The van der Waals surface area contributed by atoms with E-state index < -0.39 is 6.04 Å². The number of hydrogen-bond acceptors (Lipinski definition) is 7. The fourth-order valence-electron chi connectivity index (χ4n) is 4.53. The second-order valence-corrected chi connectivity index (χ2v) is 8.73. The normalized spacial score (nSPS) is 15.4. The first-order valence-corrected chi connectivity index (χ1v) is 11.9. The number of para-hydroxylation sites is 1. The summed E-state index contributed by atoms with van der Waals surface area (Å²) in [6, 6.07) is 15.0. The highest BCUT2D eigenvalue weighted by Gasteiger charge is 2.23. The molecule has 2 aliphatic heterocycles. The van der Waals surface area contributed by atoms with Crippen LogP contribution in [0.2, 0.25) is 0 Å². The number of rotatable bonds is 6. The number of nitrogens with one attached hydrogen (secondary N) is 2. The van der Waals surface area contributed by atoms with Crippen LogP contribution < -0.4 is 20.5 Å². The topological polar surface area (TPSA) is 92.9 Å². The Balaban J connectivity index is 1.42. The van der Waals surface area contributed by atoms with Gasteiger partial charge in [0.2, 0.25) is 5.56 Å². The van der Waals surface area contributed by atoms with Gasteiger partial charge in [-0.1, -0.05) is 12.1 Å². The highest BCUT2D eigenvalue weighted by atomic mass is 16.5. The smallest absolute Gasteiger partial charge is 0.328 e. The zero-order valence-electron chi connectivity index (χ0n) is 19.9. The number of pyridine rings is 1. The first-order chi connectivity index (χ1) is 17.0. The minimum atomic E-state index is -0.452. The molecule has 0 saturated carbocycles. The number of anilines is 2. The van der Waals surface area contributed by atoms with Crippen molar-refractivity contribution in [3.8, 4) is 22.8 Å². The molecule has 3 aromatic rings. The maximum Gasteiger partial charge on any atom is 0.328 e. The molecule has 2 aromatic carbocycles. The number of carbonyl (C=O) groups is 1. The molecule has 2 N–H and O–H groups in total. The molecule has 182 valence electrons. The Labute approximate surface area is 203 Å². The van der Waals surface area contributed by atoms with Gasteiger partial charge in [0.05, 0.1) is 25.5 Å². The van der Waals surface area contributed by atoms with Gasteiger partial charge in [-0.05, 0) is 49.7 Å². The third kappa shape index (κ3) is 4.88. The van der Waals surface area contributed by atoms with E-state index in [9.17, 15) is 9.59 Å². The Hall–Kier alpha value is -3.78. The summed E-state index contributed by atoms with van der Waals surface area (Å²) >= 11 is 0.